The van der Waals surface area contributed by atoms with Crippen LogP contribution in [0.4, 0.5) is 6.01 Å². The summed E-state index contributed by atoms with van der Waals surface area (Å²) in [4.78, 5) is 9.09. The summed E-state index contributed by atoms with van der Waals surface area (Å²) < 4.78 is 5.37. The Morgan fingerprint density at radius 2 is 1.87 bits per heavy atom. The summed E-state index contributed by atoms with van der Waals surface area (Å²) in [5.41, 5.74) is 1.25. The predicted octanol–water partition coefficient (Wildman–Crippen LogP) is 3.03. The summed E-state index contributed by atoms with van der Waals surface area (Å²) >= 11 is 0. The van der Waals surface area contributed by atoms with Gasteiger partial charge in [0.25, 0.3) is 0 Å². The molecule has 0 radical (unpaired) electrons. The average molecular weight is 312 g/mol. The van der Waals surface area contributed by atoms with Crippen LogP contribution in [0.3, 0.4) is 0 Å². The van der Waals surface area contributed by atoms with Crippen molar-refractivity contribution in [2.24, 2.45) is 0 Å². The highest BCUT2D eigenvalue weighted by Gasteiger charge is 2.21. The maximum Gasteiger partial charge on any atom is 0.324 e. The van der Waals surface area contributed by atoms with Crippen LogP contribution in [0.15, 0.2) is 40.9 Å². The zero-order valence-corrected chi connectivity index (χ0v) is 13.9. The minimum atomic E-state index is 0.303. The molecule has 2 aromatic rings. The van der Waals surface area contributed by atoms with Crippen LogP contribution in [-0.2, 0) is 0 Å². The highest BCUT2D eigenvalue weighted by molar-refractivity contribution is 5.48. The Balaban J connectivity index is 1.47. The molecule has 0 bridgehead atoms. The van der Waals surface area contributed by atoms with Gasteiger partial charge in [-0.1, -0.05) is 61.5 Å². The fourth-order valence-electron chi connectivity index (χ4n) is 2.61. The zero-order valence-electron chi connectivity index (χ0n) is 13.9. The third-order valence-corrected chi connectivity index (χ3v) is 4.06. The molecule has 0 amide bonds. The molecule has 5 nitrogen and oxygen atoms in total. The van der Waals surface area contributed by atoms with Gasteiger partial charge in [-0.3, -0.25) is 4.90 Å². The fraction of sp³-hybridized carbons (Fsp3) is 0.444. The Labute approximate surface area is 137 Å². The molecule has 5 heteroatoms. The van der Waals surface area contributed by atoms with E-state index in [4.69, 9.17) is 4.52 Å². The molecular formula is C18H24N4O. The summed E-state index contributed by atoms with van der Waals surface area (Å²) in [6.07, 6.45) is 4.41. The number of hydrogen-bond donors (Lipinski definition) is 0. The molecule has 1 aromatic carbocycles. The van der Waals surface area contributed by atoms with Gasteiger partial charge >= 0.3 is 6.01 Å². The first-order valence-corrected chi connectivity index (χ1v) is 8.25. The third-order valence-electron chi connectivity index (χ3n) is 4.06. The molecule has 1 saturated heterocycles. The van der Waals surface area contributed by atoms with Crippen molar-refractivity contribution in [3.8, 4) is 0 Å². The number of aromatic nitrogens is 2. The van der Waals surface area contributed by atoms with E-state index in [1.165, 1.54) is 5.56 Å². The lowest BCUT2D eigenvalue weighted by atomic mass is 10.2. The molecule has 0 unspecified atom stereocenters. The monoisotopic (exact) mass is 312 g/mol. The molecule has 1 aliphatic rings. The molecule has 0 atom stereocenters. The number of hydrogen-bond acceptors (Lipinski definition) is 5. The molecule has 0 aliphatic carbocycles. The molecule has 0 spiro atoms. The van der Waals surface area contributed by atoms with Crippen molar-refractivity contribution in [1.82, 2.24) is 15.0 Å². The Morgan fingerprint density at radius 3 is 2.52 bits per heavy atom. The zero-order chi connectivity index (χ0) is 16.1. The molecule has 1 aromatic heterocycles. The van der Waals surface area contributed by atoms with E-state index < -0.39 is 0 Å². The van der Waals surface area contributed by atoms with Crippen molar-refractivity contribution < 1.29 is 4.52 Å². The Hall–Kier alpha value is -2.14. The van der Waals surface area contributed by atoms with Crippen molar-refractivity contribution in [1.29, 1.82) is 0 Å². The van der Waals surface area contributed by atoms with Crippen LogP contribution < -0.4 is 4.90 Å². The molecule has 1 aliphatic heterocycles. The Bertz CT molecular complexity index is 627. The van der Waals surface area contributed by atoms with Crippen LogP contribution in [0.25, 0.3) is 6.08 Å². The third kappa shape index (κ3) is 4.20. The van der Waals surface area contributed by atoms with Gasteiger partial charge in [0.15, 0.2) is 5.82 Å². The van der Waals surface area contributed by atoms with Crippen molar-refractivity contribution >= 4 is 12.1 Å². The number of nitrogens with zero attached hydrogens (tertiary/aromatic N) is 4. The summed E-state index contributed by atoms with van der Waals surface area (Å²) in [5.74, 6) is 1.09. The molecule has 23 heavy (non-hydrogen) atoms. The number of anilines is 1. The van der Waals surface area contributed by atoms with Crippen LogP contribution in [0, 0.1) is 0 Å². The van der Waals surface area contributed by atoms with E-state index in [9.17, 15) is 0 Å². The van der Waals surface area contributed by atoms with Gasteiger partial charge in [0, 0.05) is 38.6 Å². The largest absolute Gasteiger partial charge is 0.324 e. The SMILES string of the molecule is CC(C)c1noc(N2CCN(C/C=C/c3ccccc3)CC2)n1. The topological polar surface area (TPSA) is 45.4 Å². The van der Waals surface area contributed by atoms with E-state index in [0.717, 1.165) is 38.5 Å². The van der Waals surface area contributed by atoms with E-state index in [1.807, 2.05) is 6.07 Å². The van der Waals surface area contributed by atoms with Crippen LogP contribution in [0.5, 0.6) is 0 Å². The van der Waals surface area contributed by atoms with Crippen molar-refractivity contribution in [3.63, 3.8) is 0 Å². The number of rotatable bonds is 5. The predicted molar refractivity (Wildman–Crippen MR) is 92.5 cm³/mol. The van der Waals surface area contributed by atoms with Crippen LogP contribution >= 0.6 is 0 Å². The minimum Gasteiger partial charge on any atom is -0.322 e. The number of benzene rings is 1. The van der Waals surface area contributed by atoms with Crippen molar-refractivity contribution in [2.45, 2.75) is 19.8 Å². The van der Waals surface area contributed by atoms with Crippen LogP contribution in [0.1, 0.15) is 31.2 Å². The molecular weight excluding hydrogens is 288 g/mol. The molecule has 0 saturated carbocycles. The molecule has 122 valence electrons. The second-order valence-corrected chi connectivity index (χ2v) is 6.19. The first kappa shape index (κ1) is 15.7. The number of piperazine rings is 1. The van der Waals surface area contributed by atoms with E-state index in [1.54, 1.807) is 0 Å². The summed E-state index contributed by atoms with van der Waals surface area (Å²) in [7, 11) is 0. The van der Waals surface area contributed by atoms with Gasteiger partial charge < -0.3 is 9.42 Å². The standard InChI is InChI=1S/C18H24N4O/c1-15(2)17-19-18(23-20-17)22-13-11-21(12-14-22)10-6-9-16-7-4-3-5-8-16/h3-9,15H,10-14H2,1-2H3/b9-6+. The summed E-state index contributed by atoms with van der Waals surface area (Å²) in [5, 5.41) is 4.04. The lowest BCUT2D eigenvalue weighted by Gasteiger charge is -2.32. The highest BCUT2D eigenvalue weighted by atomic mass is 16.5. The van der Waals surface area contributed by atoms with E-state index >= 15 is 0 Å². The maximum absolute atomic E-state index is 5.37. The van der Waals surface area contributed by atoms with E-state index in [2.05, 4.69) is 70.2 Å². The molecule has 3 rings (SSSR count). The van der Waals surface area contributed by atoms with Gasteiger partial charge in [-0.25, -0.2) is 0 Å². The van der Waals surface area contributed by atoms with Crippen molar-refractivity contribution in [3.05, 3.63) is 47.8 Å². The van der Waals surface area contributed by atoms with Gasteiger partial charge in [-0.05, 0) is 5.56 Å². The van der Waals surface area contributed by atoms with Crippen LogP contribution in [0.2, 0.25) is 0 Å². The first-order chi connectivity index (χ1) is 11.2. The van der Waals surface area contributed by atoms with E-state index in [0.29, 0.717) is 11.9 Å². The molecule has 1 fully saturated rings. The Kier molecular flexibility index (Phi) is 5.08. The van der Waals surface area contributed by atoms with E-state index in [-0.39, 0.29) is 0 Å². The molecule has 0 N–H and O–H groups in total. The summed E-state index contributed by atoms with van der Waals surface area (Å²) in [6, 6.07) is 11.1. The van der Waals surface area contributed by atoms with Gasteiger partial charge in [-0.2, -0.15) is 4.98 Å². The minimum absolute atomic E-state index is 0.303. The average Bonchev–Trinajstić information content (AvgIpc) is 3.07. The fourth-order valence-corrected chi connectivity index (χ4v) is 2.61. The lowest BCUT2D eigenvalue weighted by molar-refractivity contribution is 0.274. The van der Waals surface area contributed by atoms with Gasteiger partial charge in [0.05, 0.1) is 0 Å². The second-order valence-electron chi connectivity index (χ2n) is 6.19. The van der Waals surface area contributed by atoms with Gasteiger partial charge in [-0.15, -0.1) is 0 Å². The Morgan fingerprint density at radius 1 is 1.13 bits per heavy atom. The van der Waals surface area contributed by atoms with Gasteiger partial charge in [0.2, 0.25) is 0 Å². The lowest BCUT2D eigenvalue weighted by Crippen LogP contribution is -2.46. The first-order valence-electron chi connectivity index (χ1n) is 8.25. The quantitative estimate of drug-likeness (QED) is 0.849. The normalized spacial score (nSPS) is 16.6. The van der Waals surface area contributed by atoms with Crippen LogP contribution in [-0.4, -0.2) is 47.8 Å². The second kappa shape index (κ2) is 7.42. The maximum atomic E-state index is 5.37. The smallest absolute Gasteiger partial charge is 0.322 e. The highest BCUT2D eigenvalue weighted by Crippen LogP contribution is 2.17. The summed E-state index contributed by atoms with van der Waals surface area (Å²) in [6.45, 7) is 9.01. The van der Waals surface area contributed by atoms with Gasteiger partial charge in [0.1, 0.15) is 0 Å². The molecule has 2 heterocycles. The van der Waals surface area contributed by atoms with Crippen molar-refractivity contribution in [2.75, 3.05) is 37.6 Å².